The van der Waals surface area contributed by atoms with Crippen LogP contribution < -0.4 is 0 Å². The van der Waals surface area contributed by atoms with Gasteiger partial charge in [-0.3, -0.25) is 9.59 Å². The molecule has 0 fully saturated rings. The molecule has 0 bridgehead atoms. The Bertz CT molecular complexity index is 317. The molecule has 0 aromatic carbocycles. The molecule has 5 heteroatoms. The Morgan fingerprint density at radius 3 is 2.58 bits per heavy atom. The van der Waals surface area contributed by atoms with Crippen molar-refractivity contribution in [1.29, 1.82) is 0 Å². The third-order valence-electron chi connectivity index (χ3n) is 1.31. The van der Waals surface area contributed by atoms with Crippen LogP contribution in [0.4, 0.5) is 0 Å². The van der Waals surface area contributed by atoms with Gasteiger partial charge in [0.05, 0.1) is 11.6 Å². The second kappa shape index (κ2) is 3.41. The number of halogens is 2. The molecule has 0 radical (unpaired) electrons. The summed E-state index contributed by atoms with van der Waals surface area (Å²) in [5.74, 6) is -0.879. The van der Waals surface area contributed by atoms with Crippen LogP contribution in [0.2, 0.25) is 0 Å². The molecule has 0 atom stereocenters. The molecule has 0 spiro atoms. The molecule has 1 aliphatic rings. The molecule has 0 heterocycles. The van der Waals surface area contributed by atoms with Crippen molar-refractivity contribution in [1.82, 2.24) is 0 Å². The van der Waals surface area contributed by atoms with Crippen LogP contribution in [0.15, 0.2) is 21.3 Å². The zero-order chi connectivity index (χ0) is 9.30. The first kappa shape index (κ1) is 9.48. The van der Waals surface area contributed by atoms with E-state index in [1.165, 1.54) is 7.11 Å². The van der Waals surface area contributed by atoms with Crippen molar-refractivity contribution in [3.63, 3.8) is 0 Å². The summed E-state index contributed by atoms with van der Waals surface area (Å²) in [4.78, 5) is 22.2. The number of carbonyl (C=O) groups excluding carboxylic acids is 2. The molecule has 0 amide bonds. The molecule has 0 aliphatic heterocycles. The number of rotatable bonds is 1. The van der Waals surface area contributed by atoms with Gasteiger partial charge in [-0.15, -0.1) is 0 Å². The fraction of sp³-hybridized carbons (Fsp3) is 0.143. The number of allylic oxidation sites excluding steroid dienone is 3. The number of ether oxygens (including phenoxy) is 1. The fourth-order valence-electron chi connectivity index (χ4n) is 0.716. The maximum atomic E-state index is 11.1. The van der Waals surface area contributed by atoms with E-state index in [4.69, 9.17) is 11.6 Å². The number of ketones is 2. The summed E-state index contributed by atoms with van der Waals surface area (Å²) in [6.45, 7) is 0. The Kier molecular flexibility index (Phi) is 2.69. The zero-order valence-corrected chi connectivity index (χ0v) is 8.40. The van der Waals surface area contributed by atoms with E-state index in [-0.39, 0.29) is 21.1 Å². The quantitative estimate of drug-likeness (QED) is 0.664. The van der Waals surface area contributed by atoms with E-state index in [0.29, 0.717) is 0 Å². The molecule has 64 valence electrons. The van der Waals surface area contributed by atoms with E-state index in [1.807, 2.05) is 0 Å². The lowest BCUT2D eigenvalue weighted by Gasteiger charge is -2.09. The van der Waals surface area contributed by atoms with Gasteiger partial charge in [0.15, 0.2) is 11.5 Å². The van der Waals surface area contributed by atoms with Gasteiger partial charge in [-0.25, -0.2) is 0 Å². The van der Waals surface area contributed by atoms with Gasteiger partial charge in [0.1, 0.15) is 5.03 Å². The fourth-order valence-corrected chi connectivity index (χ4v) is 1.20. The number of hydrogen-bond donors (Lipinski definition) is 0. The average Bonchev–Trinajstić information content (AvgIpc) is 2.08. The van der Waals surface area contributed by atoms with Crippen LogP contribution in [0.1, 0.15) is 0 Å². The molecule has 0 saturated carbocycles. The molecule has 1 rings (SSSR count). The maximum Gasteiger partial charge on any atom is 0.240 e. The third kappa shape index (κ3) is 1.44. The Labute approximate surface area is 82.2 Å². The minimum absolute atomic E-state index is 0.0341. The SMILES string of the molecule is COC1=CC(=O)C(Br)=C(Cl)C1=O. The van der Waals surface area contributed by atoms with Crippen LogP contribution in [0.3, 0.4) is 0 Å². The highest BCUT2D eigenvalue weighted by atomic mass is 79.9. The van der Waals surface area contributed by atoms with E-state index >= 15 is 0 Å². The maximum absolute atomic E-state index is 11.1. The average molecular weight is 251 g/mol. The van der Waals surface area contributed by atoms with Gasteiger partial charge in [-0.2, -0.15) is 0 Å². The summed E-state index contributed by atoms with van der Waals surface area (Å²) >= 11 is 8.42. The van der Waals surface area contributed by atoms with Crippen LogP contribution >= 0.6 is 27.5 Å². The smallest absolute Gasteiger partial charge is 0.240 e. The predicted octanol–water partition coefficient (Wildman–Crippen LogP) is 1.51. The molecule has 0 N–H and O–H groups in total. The van der Waals surface area contributed by atoms with E-state index in [9.17, 15) is 9.59 Å². The van der Waals surface area contributed by atoms with Gasteiger partial charge in [0, 0.05) is 6.08 Å². The Morgan fingerprint density at radius 1 is 1.50 bits per heavy atom. The van der Waals surface area contributed by atoms with Crippen LogP contribution in [-0.4, -0.2) is 18.7 Å². The van der Waals surface area contributed by atoms with Gasteiger partial charge in [-0.1, -0.05) is 11.6 Å². The molecule has 0 unspecified atom stereocenters. The van der Waals surface area contributed by atoms with Gasteiger partial charge < -0.3 is 4.74 Å². The van der Waals surface area contributed by atoms with Crippen LogP contribution in [-0.2, 0) is 14.3 Å². The van der Waals surface area contributed by atoms with Gasteiger partial charge in [-0.05, 0) is 15.9 Å². The van der Waals surface area contributed by atoms with Crippen molar-refractivity contribution in [3.8, 4) is 0 Å². The highest BCUT2D eigenvalue weighted by Gasteiger charge is 2.26. The summed E-state index contributed by atoms with van der Waals surface area (Å²) < 4.78 is 4.72. The molecule has 1 aliphatic carbocycles. The standard InChI is InChI=1S/C7H4BrClO3/c1-12-4-2-3(10)5(8)6(9)7(4)11/h2H,1H3. The monoisotopic (exact) mass is 250 g/mol. The third-order valence-corrected chi connectivity index (χ3v) is 2.69. The molecule has 0 aromatic rings. The zero-order valence-electron chi connectivity index (χ0n) is 6.06. The van der Waals surface area contributed by atoms with Gasteiger partial charge in [0.2, 0.25) is 5.78 Å². The first-order valence-electron chi connectivity index (χ1n) is 2.98. The van der Waals surface area contributed by atoms with Crippen LogP contribution in [0, 0.1) is 0 Å². The topological polar surface area (TPSA) is 43.4 Å². The van der Waals surface area contributed by atoms with Gasteiger partial charge in [0.25, 0.3) is 0 Å². The van der Waals surface area contributed by atoms with Crippen LogP contribution in [0.25, 0.3) is 0 Å². The molecular weight excluding hydrogens is 247 g/mol. The van der Waals surface area contributed by atoms with E-state index in [2.05, 4.69) is 20.7 Å². The largest absolute Gasteiger partial charge is 0.492 e. The first-order chi connectivity index (χ1) is 5.57. The molecular formula is C7H4BrClO3. The molecule has 12 heavy (non-hydrogen) atoms. The molecule has 0 saturated heterocycles. The second-order valence-electron chi connectivity index (χ2n) is 2.03. The van der Waals surface area contributed by atoms with Crippen LogP contribution in [0.5, 0.6) is 0 Å². The van der Waals surface area contributed by atoms with Crippen molar-refractivity contribution < 1.29 is 14.3 Å². The highest BCUT2D eigenvalue weighted by Crippen LogP contribution is 2.26. The predicted molar refractivity (Wildman–Crippen MR) is 46.9 cm³/mol. The normalized spacial score (nSPS) is 18.1. The Hall–Kier alpha value is -0.610. The number of methoxy groups -OCH3 is 1. The Morgan fingerprint density at radius 2 is 2.08 bits per heavy atom. The summed E-state index contributed by atoms with van der Waals surface area (Å²) in [6.07, 6.45) is 1.10. The highest BCUT2D eigenvalue weighted by molar-refractivity contribution is 9.12. The van der Waals surface area contributed by atoms with Gasteiger partial charge >= 0.3 is 0 Å². The van der Waals surface area contributed by atoms with Crippen molar-refractivity contribution in [2.45, 2.75) is 0 Å². The number of Topliss-reactive ketones (excluding diaryl/α,β-unsaturated/α-hetero) is 1. The lowest BCUT2D eigenvalue weighted by Crippen LogP contribution is -2.15. The second-order valence-corrected chi connectivity index (χ2v) is 3.21. The molecule has 3 nitrogen and oxygen atoms in total. The minimum Gasteiger partial charge on any atom is -0.492 e. The van der Waals surface area contributed by atoms with Crippen molar-refractivity contribution >= 4 is 39.1 Å². The summed E-state index contributed by atoms with van der Waals surface area (Å²) in [5, 5.41) is -0.139. The summed E-state index contributed by atoms with van der Waals surface area (Å²) in [7, 11) is 1.31. The van der Waals surface area contributed by atoms with Crippen molar-refractivity contribution in [3.05, 3.63) is 21.3 Å². The lowest BCUT2D eigenvalue weighted by atomic mass is 10.1. The summed E-state index contributed by atoms with van der Waals surface area (Å²) in [5.41, 5.74) is 0. The first-order valence-corrected chi connectivity index (χ1v) is 4.15. The van der Waals surface area contributed by atoms with E-state index in [1.54, 1.807) is 0 Å². The Balaban J connectivity index is 3.13. The number of carbonyl (C=O) groups is 2. The lowest BCUT2D eigenvalue weighted by molar-refractivity contribution is -0.117. The van der Waals surface area contributed by atoms with E-state index in [0.717, 1.165) is 6.08 Å². The summed E-state index contributed by atoms with van der Waals surface area (Å²) in [6, 6.07) is 0. The van der Waals surface area contributed by atoms with E-state index < -0.39 is 5.78 Å². The van der Waals surface area contributed by atoms with Crippen molar-refractivity contribution in [2.75, 3.05) is 7.11 Å². The number of hydrogen-bond acceptors (Lipinski definition) is 3. The van der Waals surface area contributed by atoms with Crippen molar-refractivity contribution in [2.24, 2.45) is 0 Å². The molecule has 0 aromatic heterocycles. The minimum atomic E-state index is -0.481.